The van der Waals surface area contributed by atoms with E-state index >= 15 is 0 Å². The molecule has 0 aromatic heterocycles. The van der Waals surface area contributed by atoms with Crippen molar-refractivity contribution in [2.24, 2.45) is 5.92 Å². The molecule has 0 aliphatic carbocycles. The molecule has 1 fully saturated rings. The van der Waals surface area contributed by atoms with E-state index < -0.39 is 0 Å². The largest absolute Gasteiger partial charge is 0.375 e. The fourth-order valence-electron chi connectivity index (χ4n) is 1.16. The standard InChI is InChI=1S/C9H19NOS/c1-8(2)6-12-7-9-5-10-3-4-11-9/h8-10H,3-7H2,1-2H3. The highest BCUT2D eigenvalue weighted by Gasteiger charge is 2.12. The first-order valence-electron chi connectivity index (χ1n) is 4.69. The molecule has 1 N–H and O–H groups in total. The summed E-state index contributed by atoms with van der Waals surface area (Å²) in [6.45, 7) is 7.45. The Morgan fingerprint density at radius 2 is 2.42 bits per heavy atom. The SMILES string of the molecule is CC(C)CSCC1CNCCO1. The van der Waals surface area contributed by atoms with Crippen LogP contribution in [0.1, 0.15) is 13.8 Å². The van der Waals surface area contributed by atoms with Gasteiger partial charge in [0.15, 0.2) is 0 Å². The Morgan fingerprint density at radius 3 is 3.00 bits per heavy atom. The van der Waals surface area contributed by atoms with E-state index in [-0.39, 0.29) is 0 Å². The van der Waals surface area contributed by atoms with Crippen molar-refractivity contribution < 1.29 is 4.74 Å². The molecule has 0 aromatic rings. The Labute approximate surface area is 79.4 Å². The predicted octanol–water partition coefficient (Wildman–Crippen LogP) is 1.36. The second-order valence-corrected chi connectivity index (χ2v) is 4.70. The van der Waals surface area contributed by atoms with Crippen molar-refractivity contribution in [1.29, 1.82) is 0 Å². The molecule has 1 heterocycles. The Hall–Kier alpha value is 0.270. The van der Waals surface area contributed by atoms with Gasteiger partial charge in [-0.05, 0) is 11.7 Å². The first kappa shape index (κ1) is 10.4. The molecule has 2 nitrogen and oxygen atoms in total. The fourth-order valence-corrected chi connectivity index (χ4v) is 2.25. The molecule has 0 radical (unpaired) electrons. The summed E-state index contributed by atoms with van der Waals surface area (Å²) in [4.78, 5) is 0. The molecule has 1 unspecified atom stereocenters. The molecule has 0 aromatic carbocycles. The van der Waals surface area contributed by atoms with Crippen LogP contribution in [0.5, 0.6) is 0 Å². The van der Waals surface area contributed by atoms with Gasteiger partial charge in [0, 0.05) is 18.8 Å². The molecule has 1 saturated heterocycles. The quantitative estimate of drug-likeness (QED) is 0.721. The van der Waals surface area contributed by atoms with Gasteiger partial charge in [-0.2, -0.15) is 11.8 Å². The molecule has 1 atom stereocenters. The first-order valence-corrected chi connectivity index (χ1v) is 5.84. The van der Waals surface area contributed by atoms with Gasteiger partial charge in [-0.25, -0.2) is 0 Å². The van der Waals surface area contributed by atoms with Crippen LogP contribution >= 0.6 is 11.8 Å². The normalized spacial score (nSPS) is 24.8. The van der Waals surface area contributed by atoms with Crippen molar-refractivity contribution >= 4 is 11.8 Å². The van der Waals surface area contributed by atoms with E-state index in [0.717, 1.165) is 31.4 Å². The molecule has 0 amide bonds. The van der Waals surface area contributed by atoms with E-state index in [0.29, 0.717) is 6.10 Å². The van der Waals surface area contributed by atoms with Crippen LogP contribution in [0.15, 0.2) is 0 Å². The highest BCUT2D eigenvalue weighted by Crippen LogP contribution is 2.11. The monoisotopic (exact) mass is 189 g/mol. The molecule has 1 aliphatic rings. The smallest absolute Gasteiger partial charge is 0.0790 e. The van der Waals surface area contributed by atoms with Crippen LogP contribution in [-0.4, -0.2) is 37.3 Å². The average molecular weight is 189 g/mol. The third-order valence-corrected chi connectivity index (χ3v) is 3.27. The lowest BCUT2D eigenvalue weighted by molar-refractivity contribution is 0.0440. The van der Waals surface area contributed by atoms with Gasteiger partial charge in [0.05, 0.1) is 12.7 Å². The summed E-state index contributed by atoms with van der Waals surface area (Å²) >= 11 is 2.00. The van der Waals surface area contributed by atoms with Crippen LogP contribution in [0.2, 0.25) is 0 Å². The third kappa shape index (κ3) is 4.33. The summed E-state index contributed by atoms with van der Waals surface area (Å²) in [5.74, 6) is 3.19. The van der Waals surface area contributed by atoms with E-state index in [4.69, 9.17) is 4.74 Å². The maximum absolute atomic E-state index is 5.58. The Bertz CT molecular complexity index is 113. The van der Waals surface area contributed by atoms with E-state index in [1.165, 1.54) is 5.75 Å². The first-order chi connectivity index (χ1) is 5.79. The van der Waals surface area contributed by atoms with Gasteiger partial charge in [-0.3, -0.25) is 0 Å². The molecule has 12 heavy (non-hydrogen) atoms. The van der Waals surface area contributed by atoms with Gasteiger partial charge in [-0.1, -0.05) is 13.8 Å². The number of morpholine rings is 1. The Balaban J connectivity index is 1.98. The lowest BCUT2D eigenvalue weighted by atomic mass is 10.3. The van der Waals surface area contributed by atoms with Gasteiger partial charge in [-0.15, -0.1) is 0 Å². The summed E-state index contributed by atoms with van der Waals surface area (Å²) in [6.07, 6.45) is 0.447. The topological polar surface area (TPSA) is 21.3 Å². The van der Waals surface area contributed by atoms with Gasteiger partial charge in [0.2, 0.25) is 0 Å². The predicted molar refractivity (Wildman–Crippen MR) is 54.8 cm³/mol. The fraction of sp³-hybridized carbons (Fsp3) is 1.00. The van der Waals surface area contributed by atoms with Crippen LogP contribution < -0.4 is 5.32 Å². The minimum Gasteiger partial charge on any atom is -0.375 e. The molecule has 3 heteroatoms. The Morgan fingerprint density at radius 1 is 1.58 bits per heavy atom. The van der Waals surface area contributed by atoms with Gasteiger partial charge in [0.1, 0.15) is 0 Å². The highest BCUT2D eigenvalue weighted by molar-refractivity contribution is 7.99. The second kappa shape index (κ2) is 5.84. The minimum atomic E-state index is 0.447. The lowest BCUT2D eigenvalue weighted by Crippen LogP contribution is -2.39. The number of rotatable bonds is 4. The summed E-state index contributed by atoms with van der Waals surface area (Å²) in [5.41, 5.74) is 0. The zero-order valence-electron chi connectivity index (χ0n) is 8.01. The number of hydrogen-bond donors (Lipinski definition) is 1. The van der Waals surface area contributed by atoms with Crippen molar-refractivity contribution in [3.63, 3.8) is 0 Å². The maximum atomic E-state index is 5.58. The van der Waals surface area contributed by atoms with Gasteiger partial charge >= 0.3 is 0 Å². The van der Waals surface area contributed by atoms with Crippen LogP contribution in [0, 0.1) is 5.92 Å². The van der Waals surface area contributed by atoms with E-state index in [1.54, 1.807) is 0 Å². The minimum absolute atomic E-state index is 0.447. The lowest BCUT2D eigenvalue weighted by Gasteiger charge is -2.23. The van der Waals surface area contributed by atoms with Crippen LogP contribution in [0.4, 0.5) is 0 Å². The number of nitrogens with one attached hydrogen (secondary N) is 1. The molecule has 0 saturated carbocycles. The highest BCUT2D eigenvalue weighted by atomic mass is 32.2. The molecule has 0 spiro atoms. The second-order valence-electron chi connectivity index (χ2n) is 3.63. The average Bonchev–Trinajstić information content (AvgIpc) is 2.05. The van der Waals surface area contributed by atoms with Crippen LogP contribution in [0.3, 0.4) is 0 Å². The van der Waals surface area contributed by atoms with Crippen molar-refractivity contribution in [3.8, 4) is 0 Å². The van der Waals surface area contributed by atoms with Gasteiger partial charge < -0.3 is 10.1 Å². The van der Waals surface area contributed by atoms with Gasteiger partial charge in [0.25, 0.3) is 0 Å². The zero-order valence-corrected chi connectivity index (χ0v) is 8.82. The summed E-state index contributed by atoms with van der Waals surface area (Å²) in [7, 11) is 0. The third-order valence-electron chi connectivity index (χ3n) is 1.76. The van der Waals surface area contributed by atoms with E-state index in [1.807, 2.05) is 11.8 Å². The summed E-state index contributed by atoms with van der Waals surface area (Å²) < 4.78 is 5.58. The molecule has 0 bridgehead atoms. The molecule has 1 rings (SSSR count). The van der Waals surface area contributed by atoms with Crippen molar-refractivity contribution in [1.82, 2.24) is 5.32 Å². The van der Waals surface area contributed by atoms with Crippen LogP contribution in [0.25, 0.3) is 0 Å². The maximum Gasteiger partial charge on any atom is 0.0790 e. The van der Waals surface area contributed by atoms with E-state index in [2.05, 4.69) is 19.2 Å². The van der Waals surface area contributed by atoms with Crippen molar-refractivity contribution in [2.45, 2.75) is 20.0 Å². The zero-order chi connectivity index (χ0) is 8.81. The van der Waals surface area contributed by atoms with Crippen LogP contribution in [-0.2, 0) is 4.74 Å². The van der Waals surface area contributed by atoms with E-state index in [9.17, 15) is 0 Å². The summed E-state index contributed by atoms with van der Waals surface area (Å²) in [6, 6.07) is 0. The number of thioether (sulfide) groups is 1. The molecule has 1 aliphatic heterocycles. The van der Waals surface area contributed by atoms with Crippen molar-refractivity contribution in [2.75, 3.05) is 31.2 Å². The summed E-state index contributed by atoms with van der Waals surface area (Å²) in [5, 5.41) is 3.33. The number of hydrogen-bond acceptors (Lipinski definition) is 3. The number of ether oxygens (including phenoxy) is 1. The molecule has 72 valence electrons. The van der Waals surface area contributed by atoms with Crippen molar-refractivity contribution in [3.05, 3.63) is 0 Å². The molecular formula is C9H19NOS. The Kier molecular flexibility index (Phi) is 5.04. The molecular weight excluding hydrogens is 170 g/mol.